The molecule has 25 heavy (non-hydrogen) atoms. The quantitative estimate of drug-likeness (QED) is 0.609. The summed E-state index contributed by atoms with van der Waals surface area (Å²) >= 11 is 0. The van der Waals surface area contributed by atoms with Gasteiger partial charge in [0.1, 0.15) is 5.82 Å². The largest absolute Gasteiger partial charge is 0.493 e. The van der Waals surface area contributed by atoms with E-state index in [1.807, 2.05) is 39.0 Å². The number of nitrogen functional groups attached to an aromatic ring is 1. The Morgan fingerprint density at radius 3 is 2.44 bits per heavy atom. The molecule has 1 heterocycles. The number of hydrogen-bond donors (Lipinski definition) is 1. The van der Waals surface area contributed by atoms with Crippen molar-refractivity contribution >= 4 is 18.0 Å². The second kappa shape index (κ2) is 7.43. The van der Waals surface area contributed by atoms with Crippen LogP contribution in [0.25, 0.3) is 0 Å². The van der Waals surface area contributed by atoms with E-state index in [1.54, 1.807) is 25.0 Å². The Hall–Kier alpha value is -2.74. The first-order chi connectivity index (χ1) is 11.8. The van der Waals surface area contributed by atoms with Crippen molar-refractivity contribution in [2.75, 3.05) is 25.0 Å². The molecule has 1 aromatic carbocycles. The van der Waals surface area contributed by atoms with Gasteiger partial charge in [-0.15, -0.1) is 0 Å². The number of anilines is 2. The van der Waals surface area contributed by atoms with Gasteiger partial charge in [-0.1, -0.05) is 6.07 Å². The molecular formula is C17H24N4O4. The zero-order valence-corrected chi connectivity index (χ0v) is 15.1. The first-order valence-corrected chi connectivity index (χ1v) is 7.75. The molecule has 8 nitrogen and oxygen atoms in total. The fraction of sp³-hybridized carbons (Fsp3) is 0.412. The van der Waals surface area contributed by atoms with Crippen molar-refractivity contribution < 1.29 is 19.1 Å². The Labute approximate surface area is 147 Å². The lowest BCUT2D eigenvalue weighted by molar-refractivity contribution is -0.120. The molecule has 0 atom stereocenters. The molecule has 0 spiro atoms. The fourth-order valence-electron chi connectivity index (χ4n) is 2.22. The van der Waals surface area contributed by atoms with Crippen LogP contribution in [-0.4, -0.2) is 36.0 Å². The van der Waals surface area contributed by atoms with Crippen molar-refractivity contribution in [2.24, 2.45) is 0 Å². The Kier molecular flexibility index (Phi) is 5.53. The number of hydroxylamine groups is 1. The van der Waals surface area contributed by atoms with Gasteiger partial charge in [0.05, 0.1) is 26.4 Å². The Bertz CT molecular complexity index is 737. The van der Waals surface area contributed by atoms with Crippen LogP contribution < -0.4 is 20.3 Å². The van der Waals surface area contributed by atoms with Crippen LogP contribution in [0.4, 0.5) is 11.6 Å². The molecule has 0 saturated heterocycles. The number of aromatic nitrogens is 2. The van der Waals surface area contributed by atoms with Gasteiger partial charge in [0.15, 0.2) is 17.3 Å². The summed E-state index contributed by atoms with van der Waals surface area (Å²) in [6.07, 6.45) is 0.563. The molecule has 2 N–H and O–H groups in total. The minimum absolute atomic E-state index is 0.322. The van der Waals surface area contributed by atoms with Gasteiger partial charge in [0, 0.05) is 6.07 Å². The van der Waals surface area contributed by atoms with E-state index in [0.717, 1.165) is 10.6 Å². The highest BCUT2D eigenvalue weighted by Crippen LogP contribution is 2.28. The molecule has 0 bridgehead atoms. The van der Waals surface area contributed by atoms with Crippen molar-refractivity contribution in [3.63, 3.8) is 0 Å². The van der Waals surface area contributed by atoms with E-state index in [2.05, 4.69) is 5.10 Å². The van der Waals surface area contributed by atoms with E-state index in [-0.39, 0.29) is 0 Å². The number of hydrogen-bond acceptors (Lipinski definition) is 6. The third kappa shape index (κ3) is 4.63. The predicted octanol–water partition coefficient (Wildman–Crippen LogP) is 2.22. The van der Waals surface area contributed by atoms with Crippen LogP contribution in [0, 0.1) is 0 Å². The van der Waals surface area contributed by atoms with Crippen molar-refractivity contribution in [2.45, 2.75) is 32.9 Å². The molecule has 0 aliphatic carbocycles. The van der Waals surface area contributed by atoms with Gasteiger partial charge in [-0.2, -0.15) is 10.2 Å². The summed E-state index contributed by atoms with van der Waals surface area (Å²) < 4.78 is 12.1. The number of ether oxygens (including phenoxy) is 2. The molecule has 0 aliphatic rings. The highest BCUT2D eigenvalue weighted by atomic mass is 16.7. The molecule has 0 saturated carbocycles. The summed E-state index contributed by atoms with van der Waals surface area (Å²) in [6, 6.07) is 7.14. The van der Waals surface area contributed by atoms with Crippen LogP contribution in [0.15, 0.2) is 24.3 Å². The molecule has 8 heteroatoms. The number of carbonyl (C=O) groups is 1. The van der Waals surface area contributed by atoms with E-state index < -0.39 is 5.60 Å². The number of methoxy groups -OCH3 is 2. The maximum atomic E-state index is 11.3. The van der Waals surface area contributed by atoms with Gasteiger partial charge in [-0.05, 0) is 38.5 Å². The average Bonchev–Trinajstić information content (AvgIpc) is 2.92. The molecule has 1 aromatic heterocycles. The van der Waals surface area contributed by atoms with E-state index in [0.29, 0.717) is 36.1 Å². The average molecular weight is 348 g/mol. The lowest BCUT2D eigenvalue weighted by atomic mass is 10.2. The molecular weight excluding hydrogens is 324 g/mol. The molecule has 0 fully saturated rings. The molecule has 0 radical (unpaired) electrons. The van der Waals surface area contributed by atoms with Crippen LogP contribution in [0.1, 0.15) is 26.3 Å². The maximum absolute atomic E-state index is 11.3. The van der Waals surface area contributed by atoms with Gasteiger partial charge in [-0.3, -0.25) is 9.63 Å². The molecule has 136 valence electrons. The van der Waals surface area contributed by atoms with Crippen LogP contribution in [-0.2, 0) is 16.2 Å². The van der Waals surface area contributed by atoms with Crippen LogP contribution in [0.2, 0.25) is 0 Å². The zero-order chi connectivity index (χ0) is 18.6. The lowest BCUT2D eigenvalue weighted by Crippen LogP contribution is -2.33. The Morgan fingerprint density at radius 1 is 1.20 bits per heavy atom. The summed E-state index contributed by atoms with van der Waals surface area (Å²) in [5.74, 6) is 2.00. The van der Waals surface area contributed by atoms with E-state index in [9.17, 15) is 4.79 Å². The van der Waals surface area contributed by atoms with Crippen molar-refractivity contribution in [3.8, 4) is 11.5 Å². The third-order valence-electron chi connectivity index (χ3n) is 3.27. The molecule has 2 rings (SSSR count). The fourth-order valence-corrected chi connectivity index (χ4v) is 2.22. The van der Waals surface area contributed by atoms with Gasteiger partial charge in [-0.25, -0.2) is 4.68 Å². The smallest absolute Gasteiger partial charge is 0.239 e. The highest BCUT2D eigenvalue weighted by molar-refractivity contribution is 5.71. The molecule has 0 unspecified atom stereocenters. The number of rotatable bonds is 7. The highest BCUT2D eigenvalue weighted by Gasteiger charge is 2.20. The van der Waals surface area contributed by atoms with Crippen LogP contribution in [0.5, 0.6) is 11.5 Å². The Balaban J connectivity index is 2.24. The van der Waals surface area contributed by atoms with Gasteiger partial charge in [0.2, 0.25) is 6.41 Å². The Morgan fingerprint density at radius 2 is 1.88 bits per heavy atom. The summed E-state index contributed by atoms with van der Waals surface area (Å²) in [5, 5.41) is 5.42. The van der Waals surface area contributed by atoms with Gasteiger partial charge < -0.3 is 15.2 Å². The van der Waals surface area contributed by atoms with Gasteiger partial charge in [0.25, 0.3) is 0 Å². The topological polar surface area (TPSA) is 91.8 Å². The van der Waals surface area contributed by atoms with Crippen molar-refractivity contribution in [3.05, 3.63) is 29.8 Å². The molecule has 2 aromatic rings. The standard InChI is InChI=1S/C17H24N4O4/c1-17(2,3)25-21(11-22)16-9-15(18)20(19-16)10-12-6-7-13(23-4)14(8-12)24-5/h6-9,11H,10,18H2,1-5H3. The maximum Gasteiger partial charge on any atom is 0.239 e. The third-order valence-corrected chi connectivity index (χ3v) is 3.27. The van der Waals surface area contributed by atoms with Crippen LogP contribution in [0.3, 0.4) is 0 Å². The number of carbonyl (C=O) groups excluding carboxylic acids is 1. The second-order valence-electron chi connectivity index (χ2n) is 6.41. The van der Waals surface area contributed by atoms with E-state index in [4.69, 9.17) is 20.0 Å². The van der Waals surface area contributed by atoms with Crippen LogP contribution >= 0.6 is 0 Å². The summed E-state index contributed by atoms with van der Waals surface area (Å²) in [4.78, 5) is 16.9. The van der Waals surface area contributed by atoms with Gasteiger partial charge >= 0.3 is 0 Å². The van der Waals surface area contributed by atoms with E-state index >= 15 is 0 Å². The SMILES string of the molecule is COc1ccc(Cn2nc(N(C=O)OC(C)(C)C)cc2N)cc1OC. The lowest BCUT2D eigenvalue weighted by Gasteiger charge is -2.24. The van der Waals surface area contributed by atoms with E-state index in [1.165, 1.54) is 0 Å². The minimum atomic E-state index is -0.539. The monoisotopic (exact) mass is 348 g/mol. The van der Waals surface area contributed by atoms with Crippen molar-refractivity contribution in [1.29, 1.82) is 0 Å². The molecule has 0 aliphatic heterocycles. The first-order valence-electron chi connectivity index (χ1n) is 7.75. The number of benzene rings is 1. The number of nitrogens with zero attached hydrogens (tertiary/aromatic N) is 3. The summed E-state index contributed by atoms with van der Waals surface area (Å²) in [7, 11) is 3.16. The minimum Gasteiger partial charge on any atom is -0.493 e. The predicted molar refractivity (Wildman–Crippen MR) is 94.7 cm³/mol. The number of amides is 1. The van der Waals surface area contributed by atoms with Crippen molar-refractivity contribution in [1.82, 2.24) is 9.78 Å². The zero-order valence-electron chi connectivity index (χ0n) is 15.1. The molecule has 1 amide bonds. The number of nitrogens with two attached hydrogens (primary N) is 1. The summed E-state index contributed by atoms with van der Waals surface area (Å²) in [5.41, 5.74) is 6.40. The second-order valence-corrected chi connectivity index (χ2v) is 6.41. The normalized spacial score (nSPS) is 11.2. The first kappa shape index (κ1) is 18.6. The summed E-state index contributed by atoms with van der Waals surface area (Å²) in [6.45, 7) is 5.93.